The number of likely N-dealkylation sites (tertiary alicyclic amines) is 1. The fraction of sp³-hybridized carbons (Fsp3) is 0.357. The second-order valence-electron chi connectivity index (χ2n) is 10.1. The summed E-state index contributed by atoms with van der Waals surface area (Å²) in [6.07, 6.45) is 4.01. The van der Waals surface area contributed by atoms with Gasteiger partial charge in [-0.2, -0.15) is 14.3 Å². The normalized spacial score (nSPS) is 17.8. The molecule has 2 atom stereocenters. The number of benzene rings is 2. The van der Waals surface area contributed by atoms with E-state index in [9.17, 15) is 17.2 Å². The van der Waals surface area contributed by atoms with Gasteiger partial charge in [0, 0.05) is 49.8 Å². The molecule has 0 spiro atoms. The molecule has 0 radical (unpaired) electrons. The third-order valence-electron chi connectivity index (χ3n) is 7.30. The van der Waals surface area contributed by atoms with E-state index in [1.807, 2.05) is 37.3 Å². The smallest absolute Gasteiger partial charge is 0.250 e. The molecule has 2 N–H and O–H groups in total. The zero-order valence-electron chi connectivity index (χ0n) is 23.1. The summed E-state index contributed by atoms with van der Waals surface area (Å²) in [4.78, 5) is 2.24. The summed E-state index contributed by atoms with van der Waals surface area (Å²) in [5.41, 5.74) is 3.54. The molecule has 0 amide bonds. The van der Waals surface area contributed by atoms with Crippen LogP contribution in [-0.4, -0.2) is 84.6 Å². The van der Waals surface area contributed by atoms with E-state index >= 15 is 0 Å². The second kappa shape index (κ2) is 12.1. The van der Waals surface area contributed by atoms with Gasteiger partial charge in [-0.15, -0.1) is 0 Å². The van der Waals surface area contributed by atoms with Crippen LogP contribution in [-0.2, 0) is 14.8 Å². The molecule has 0 saturated carbocycles. The molecule has 1 aliphatic heterocycles. The van der Waals surface area contributed by atoms with Crippen LogP contribution in [0.2, 0.25) is 0 Å². The van der Waals surface area contributed by atoms with E-state index in [1.54, 1.807) is 17.9 Å². The molecule has 2 aromatic heterocycles. The van der Waals surface area contributed by atoms with E-state index in [4.69, 9.17) is 9.84 Å². The summed E-state index contributed by atoms with van der Waals surface area (Å²) >= 11 is 0. The number of anilines is 1. The summed E-state index contributed by atoms with van der Waals surface area (Å²) in [5, 5.41) is 15.8. The predicted molar refractivity (Wildman–Crippen MR) is 153 cm³/mol. The maximum atomic E-state index is 14.1. The van der Waals surface area contributed by atoms with E-state index < -0.39 is 21.7 Å². The Balaban J connectivity index is 1.40. The lowest BCUT2D eigenvalue weighted by molar-refractivity contribution is 0.159. The minimum absolute atomic E-state index is 0.0370. The molecule has 1 fully saturated rings. The van der Waals surface area contributed by atoms with Gasteiger partial charge in [-0.3, -0.25) is 10.2 Å². The standard InChI is InChI=1S/C28H33F2N7O3S/c1-19-27(21-14-33-36(15-21)41(3,38)39)34-37(22-7-5-4-6-8-22)28(19)32-18-31-26-17-35(11-12-40-2)16-23(26)20-9-10-24(29)25(30)13-20/h4-10,13-15,23,26,31-32H,11-12,16-18H2,1-3H3/t23-,26+/m0/s1. The molecular weight excluding hydrogens is 552 g/mol. The van der Waals surface area contributed by atoms with Crippen LogP contribution in [0.5, 0.6) is 0 Å². The zero-order valence-corrected chi connectivity index (χ0v) is 23.9. The van der Waals surface area contributed by atoms with Crippen LogP contribution in [0.4, 0.5) is 14.6 Å². The number of nitrogens with zero attached hydrogens (tertiary/aromatic N) is 5. The topological polar surface area (TPSA) is 106 Å². The molecule has 5 rings (SSSR count). The molecule has 13 heteroatoms. The Labute approximate surface area is 238 Å². The Morgan fingerprint density at radius 1 is 1.10 bits per heavy atom. The molecule has 1 aliphatic rings. The fourth-order valence-electron chi connectivity index (χ4n) is 5.18. The highest BCUT2D eigenvalue weighted by Crippen LogP contribution is 2.31. The molecule has 218 valence electrons. The van der Waals surface area contributed by atoms with Crippen molar-refractivity contribution >= 4 is 15.8 Å². The van der Waals surface area contributed by atoms with Crippen LogP contribution in [0, 0.1) is 18.6 Å². The average molecular weight is 586 g/mol. The van der Waals surface area contributed by atoms with E-state index in [-0.39, 0.29) is 12.0 Å². The van der Waals surface area contributed by atoms with Crippen LogP contribution in [0.25, 0.3) is 16.9 Å². The van der Waals surface area contributed by atoms with Crippen molar-refractivity contribution in [1.82, 2.24) is 29.2 Å². The van der Waals surface area contributed by atoms with Crippen LogP contribution < -0.4 is 10.6 Å². The summed E-state index contributed by atoms with van der Waals surface area (Å²) in [6, 6.07) is 13.7. The minimum atomic E-state index is -3.54. The van der Waals surface area contributed by atoms with Gasteiger partial charge in [-0.1, -0.05) is 24.3 Å². The van der Waals surface area contributed by atoms with Crippen molar-refractivity contribution in [2.45, 2.75) is 18.9 Å². The third kappa shape index (κ3) is 6.32. The number of ether oxygens (including phenoxy) is 1. The largest absolute Gasteiger partial charge is 0.383 e. The van der Waals surface area contributed by atoms with Gasteiger partial charge in [-0.25, -0.2) is 21.9 Å². The number of hydrogen-bond acceptors (Lipinski definition) is 8. The molecule has 10 nitrogen and oxygen atoms in total. The lowest BCUT2D eigenvalue weighted by Crippen LogP contribution is -2.39. The minimum Gasteiger partial charge on any atom is -0.383 e. The number of para-hydroxylation sites is 1. The molecule has 0 unspecified atom stereocenters. The first-order valence-electron chi connectivity index (χ1n) is 13.2. The summed E-state index contributed by atoms with van der Waals surface area (Å²) in [7, 11) is -1.88. The summed E-state index contributed by atoms with van der Waals surface area (Å²) < 4.78 is 59.6. The van der Waals surface area contributed by atoms with Crippen molar-refractivity contribution in [1.29, 1.82) is 0 Å². The van der Waals surface area contributed by atoms with Crippen molar-refractivity contribution in [3.63, 3.8) is 0 Å². The molecule has 2 aromatic carbocycles. The van der Waals surface area contributed by atoms with Gasteiger partial charge in [0.25, 0.3) is 10.0 Å². The number of hydrogen-bond donors (Lipinski definition) is 2. The number of aromatic nitrogens is 4. The van der Waals surface area contributed by atoms with Crippen LogP contribution >= 0.6 is 0 Å². The Morgan fingerprint density at radius 2 is 1.88 bits per heavy atom. The lowest BCUT2D eigenvalue weighted by atomic mass is 9.94. The summed E-state index contributed by atoms with van der Waals surface area (Å²) in [5.74, 6) is -1.05. The van der Waals surface area contributed by atoms with E-state index in [0.29, 0.717) is 37.6 Å². The molecule has 0 aliphatic carbocycles. The van der Waals surface area contributed by atoms with Gasteiger partial charge in [0.2, 0.25) is 0 Å². The number of nitrogens with one attached hydrogen (secondary N) is 2. The van der Waals surface area contributed by atoms with Crippen molar-refractivity contribution < 1.29 is 21.9 Å². The molecule has 0 bridgehead atoms. The van der Waals surface area contributed by atoms with Crippen molar-refractivity contribution in [2.24, 2.45) is 0 Å². The first-order valence-corrected chi connectivity index (χ1v) is 15.0. The van der Waals surface area contributed by atoms with Gasteiger partial charge in [-0.05, 0) is 36.8 Å². The Kier molecular flexibility index (Phi) is 8.50. The molecular formula is C28H33F2N7O3S. The average Bonchev–Trinajstić information content (AvgIpc) is 3.67. The van der Waals surface area contributed by atoms with Gasteiger partial charge < -0.3 is 10.1 Å². The maximum absolute atomic E-state index is 14.1. The molecule has 41 heavy (non-hydrogen) atoms. The van der Waals surface area contributed by atoms with Crippen molar-refractivity contribution in [3.8, 4) is 16.9 Å². The zero-order chi connectivity index (χ0) is 29.1. The van der Waals surface area contributed by atoms with Crippen molar-refractivity contribution in [2.75, 3.05) is 51.6 Å². The first-order chi connectivity index (χ1) is 19.7. The maximum Gasteiger partial charge on any atom is 0.250 e. The Hall–Kier alpha value is -3.65. The van der Waals surface area contributed by atoms with E-state index in [1.165, 1.54) is 24.5 Å². The molecule has 1 saturated heterocycles. The Morgan fingerprint density at radius 3 is 2.56 bits per heavy atom. The van der Waals surface area contributed by atoms with E-state index in [0.717, 1.165) is 39.5 Å². The fourth-order valence-corrected chi connectivity index (χ4v) is 5.71. The SMILES string of the molecule is COCCN1C[C@@H](NCNc2c(C)c(-c3cnn(S(C)(=O)=O)c3)nn2-c2ccccc2)[C@H](c2ccc(F)c(F)c2)C1. The highest BCUT2D eigenvalue weighted by molar-refractivity contribution is 7.89. The van der Waals surface area contributed by atoms with Crippen molar-refractivity contribution in [3.05, 3.63) is 83.7 Å². The monoisotopic (exact) mass is 585 g/mol. The number of methoxy groups -OCH3 is 1. The van der Waals surface area contributed by atoms with Gasteiger partial charge >= 0.3 is 0 Å². The highest BCUT2D eigenvalue weighted by atomic mass is 32.2. The van der Waals surface area contributed by atoms with Crippen LogP contribution in [0.1, 0.15) is 17.0 Å². The Bertz CT molecular complexity index is 1610. The third-order valence-corrected chi connectivity index (χ3v) is 8.17. The predicted octanol–water partition coefficient (Wildman–Crippen LogP) is 3.20. The quantitative estimate of drug-likeness (QED) is 0.259. The molecule has 3 heterocycles. The van der Waals surface area contributed by atoms with Gasteiger partial charge in [0.05, 0.1) is 37.6 Å². The summed E-state index contributed by atoms with van der Waals surface area (Å²) in [6.45, 7) is 4.97. The van der Waals surface area contributed by atoms with E-state index in [2.05, 4.69) is 20.6 Å². The van der Waals surface area contributed by atoms with Crippen LogP contribution in [0.15, 0.2) is 60.9 Å². The van der Waals surface area contributed by atoms with Crippen LogP contribution in [0.3, 0.4) is 0 Å². The second-order valence-corrected chi connectivity index (χ2v) is 12.0. The highest BCUT2D eigenvalue weighted by Gasteiger charge is 2.34. The number of rotatable bonds is 11. The molecule has 4 aromatic rings. The van der Waals surface area contributed by atoms with Gasteiger partial charge in [0.15, 0.2) is 11.6 Å². The number of halogens is 2. The lowest BCUT2D eigenvalue weighted by Gasteiger charge is -2.21. The first kappa shape index (κ1) is 28.9. The van der Waals surface area contributed by atoms with Gasteiger partial charge in [0.1, 0.15) is 11.5 Å².